The Labute approximate surface area is 344 Å². The molecule has 6 heteroatoms. The molecule has 58 heavy (non-hydrogen) atoms. The minimum Gasteiger partial charge on any atom is -0.300 e. The minimum atomic E-state index is 1.01. The van der Waals surface area contributed by atoms with E-state index in [1.807, 2.05) is 36.9 Å². The molecule has 0 aliphatic heterocycles. The van der Waals surface area contributed by atoms with Crippen molar-refractivity contribution in [3.63, 3.8) is 0 Å². The highest BCUT2D eigenvalue weighted by molar-refractivity contribution is 7.14. The third-order valence-corrected chi connectivity index (χ3v) is 12.7. The van der Waals surface area contributed by atoms with E-state index in [1.165, 1.54) is 65.3 Å². The highest BCUT2D eigenvalue weighted by Crippen LogP contribution is 2.50. The van der Waals surface area contributed by atoms with Crippen molar-refractivity contribution in [1.82, 2.24) is 9.97 Å². The summed E-state index contributed by atoms with van der Waals surface area (Å²) in [6.07, 6.45) is 7.56. The summed E-state index contributed by atoms with van der Waals surface area (Å²) in [7, 11) is 0. The highest BCUT2D eigenvalue weighted by Gasteiger charge is 2.24. The number of benzene rings is 7. The Hall–Kier alpha value is -7.12. The summed E-state index contributed by atoms with van der Waals surface area (Å²) >= 11 is 3.45. The lowest BCUT2D eigenvalue weighted by molar-refractivity contribution is 1.25. The zero-order chi connectivity index (χ0) is 38.4. The number of hydrogen-bond donors (Lipinski definition) is 0. The van der Waals surface area contributed by atoms with Crippen molar-refractivity contribution in [1.29, 1.82) is 0 Å². The van der Waals surface area contributed by atoms with Crippen LogP contribution in [0.2, 0.25) is 0 Å². The molecule has 274 valence electrons. The van der Waals surface area contributed by atoms with Gasteiger partial charge in [-0.1, -0.05) is 97.1 Å². The lowest BCUT2D eigenvalue weighted by Gasteiger charge is -2.27. The van der Waals surface area contributed by atoms with Crippen molar-refractivity contribution in [2.24, 2.45) is 0 Å². The Bertz CT molecular complexity index is 3000. The number of thiophene rings is 2. The van der Waals surface area contributed by atoms with Gasteiger partial charge >= 0.3 is 0 Å². The Morgan fingerprint density at radius 2 is 0.810 bits per heavy atom. The van der Waals surface area contributed by atoms with E-state index in [2.05, 4.69) is 188 Å². The lowest BCUT2D eigenvalue weighted by Crippen LogP contribution is -2.09. The maximum atomic E-state index is 4.54. The average molecular weight is 779 g/mol. The van der Waals surface area contributed by atoms with E-state index in [0.29, 0.717) is 0 Å². The SMILES string of the molecule is c1cncc(N(c2ccc3c(-c4cccc5ccccc45)c4cc(N(c5cccnc5)c5cccs5)ccc4c(-c4cccc5ccccc45)c3c2)c2cccs2)c1. The van der Waals surface area contributed by atoms with Crippen LogP contribution < -0.4 is 9.80 Å². The summed E-state index contributed by atoms with van der Waals surface area (Å²) in [5.41, 5.74) is 9.00. The molecular weight excluding hydrogens is 745 g/mol. The molecule has 0 aliphatic rings. The van der Waals surface area contributed by atoms with Gasteiger partial charge in [-0.05, 0) is 149 Å². The molecule has 11 aromatic rings. The Balaban J connectivity index is 1.30. The molecule has 4 aromatic heterocycles. The lowest BCUT2D eigenvalue weighted by atomic mass is 9.83. The van der Waals surface area contributed by atoms with Gasteiger partial charge in [-0.15, -0.1) is 22.7 Å². The molecule has 0 spiro atoms. The first kappa shape index (κ1) is 34.2. The molecule has 0 unspecified atom stereocenters. The van der Waals surface area contributed by atoms with Gasteiger partial charge in [0.05, 0.1) is 33.8 Å². The predicted octanol–water partition coefficient (Wildman–Crippen LogP) is 15.5. The van der Waals surface area contributed by atoms with E-state index >= 15 is 0 Å². The molecule has 4 nitrogen and oxygen atoms in total. The van der Waals surface area contributed by atoms with E-state index in [-0.39, 0.29) is 0 Å². The number of hydrogen-bond acceptors (Lipinski definition) is 6. The van der Waals surface area contributed by atoms with Crippen LogP contribution in [-0.4, -0.2) is 9.97 Å². The van der Waals surface area contributed by atoms with Crippen molar-refractivity contribution in [3.8, 4) is 22.3 Å². The molecule has 0 saturated heterocycles. The number of pyridine rings is 2. The fourth-order valence-corrected chi connectivity index (χ4v) is 10.1. The molecule has 7 aromatic carbocycles. The molecule has 0 radical (unpaired) electrons. The number of rotatable bonds is 8. The Morgan fingerprint density at radius 3 is 1.24 bits per heavy atom. The standard InChI is InChI=1S/C52H34N4S2/c1-3-17-41-35(11-1)13-5-19-43(41)51-45-25-23-38(56(50-22-10-30-58-50)40-16-8-28-54-34-40)32-48(45)52(44-20-6-14-36-12-2-4-18-42(36)44)46-26-24-37(31-47(46)51)55(49-21-9-29-57-49)39-15-7-27-53-33-39/h1-34H. The van der Waals surface area contributed by atoms with Gasteiger partial charge in [0, 0.05) is 23.8 Å². The van der Waals surface area contributed by atoms with Crippen molar-refractivity contribution >= 4 is 98.5 Å². The summed E-state index contributed by atoms with van der Waals surface area (Å²) in [5.74, 6) is 0. The minimum absolute atomic E-state index is 1.01. The third-order valence-electron chi connectivity index (χ3n) is 11.0. The molecule has 0 saturated carbocycles. The van der Waals surface area contributed by atoms with E-state index < -0.39 is 0 Å². The van der Waals surface area contributed by atoms with E-state index in [0.717, 1.165) is 32.8 Å². The second-order valence-corrected chi connectivity index (χ2v) is 16.1. The van der Waals surface area contributed by atoms with Crippen molar-refractivity contribution in [3.05, 3.63) is 205 Å². The third kappa shape index (κ3) is 5.81. The quantitative estimate of drug-likeness (QED) is 0.144. The van der Waals surface area contributed by atoms with Crippen LogP contribution >= 0.6 is 22.7 Å². The zero-order valence-corrected chi connectivity index (χ0v) is 32.9. The summed E-state index contributed by atoms with van der Waals surface area (Å²) in [4.78, 5) is 13.7. The van der Waals surface area contributed by atoms with Gasteiger partial charge in [-0.2, -0.15) is 0 Å². The van der Waals surface area contributed by atoms with Crippen LogP contribution in [0, 0.1) is 0 Å². The molecule has 0 atom stereocenters. The monoisotopic (exact) mass is 778 g/mol. The first-order chi connectivity index (χ1) is 28.8. The van der Waals surface area contributed by atoms with Crippen LogP contribution in [0.25, 0.3) is 65.3 Å². The molecular formula is C52H34N4S2. The molecule has 0 aliphatic carbocycles. The highest BCUT2D eigenvalue weighted by atomic mass is 32.1. The van der Waals surface area contributed by atoms with E-state index in [4.69, 9.17) is 0 Å². The second-order valence-electron chi connectivity index (χ2n) is 14.3. The largest absolute Gasteiger partial charge is 0.300 e. The maximum absolute atomic E-state index is 4.54. The van der Waals surface area contributed by atoms with Gasteiger partial charge in [0.25, 0.3) is 0 Å². The maximum Gasteiger partial charge on any atom is 0.0999 e. The summed E-state index contributed by atoms with van der Waals surface area (Å²) in [6.45, 7) is 0. The normalized spacial score (nSPS) is 11.4. The van der Waals surface area contributed by atoms with Gasteiger partial charge in [0.1, 0.15) is 0 Å². The summed E-state index contributed by atoms with van der Waals surface area (Å²) in [6, 6.07) is 61.8. The fourth-order valence-electron chi connectivity index (χ4n) is 8.52. The van der Waals surface area contributed by atoms with Crippen LogP contribution in [0.3, 0.4) is 0 Å². The van der Waals surface area contributed by atoms with E-state index in [1.54, 1.807) is 22.7 Å². The van der Waals surface area contributed by atoms with Crippen molar-refractivity contribution in [2.45, 2.75) is 0 Å². The number of fused-ring (bicyclic) bond motifs is 4. The van der Waals surface area contributed by atoms with Gasteiger partial charge in [0.15, 0.2) is 0 Å². The Kier molecular flexibility index (Phi) is 8.50. The number of nitrogens with zero attached hydrogens (tertiary/aromatic N) is 4. The number of anilines is 6. The van der Waals surface area contributed by atoms with Crippen LogP contribution in [0.15, 0.2) is 205 Å². The molecule has 0 bridgehead atoms. The van der Waals surface area contributed by atoms with Gasteiger partial charge in [0.2, 0.25) is 0 Å². The zero-order valence-electron chi connectivity index (χ0n) is 31.2. The van der Waals surface area contributed by atoms with Gasteiger partial charge in [-0.25, -0.2) is 0 Å². The van der Waals surface area contributed by atoms with Crippen LogP contribution in [0.4, 0.5) is 32.8 Å². The first-order valence-electron chi connectivity index (χ1n) is 19.3. The van der Waals surface area contributed by atoms with Gasteiger partial charge in [-0.3, -0.25) is 9.97 Å². The fraction of sp³-hybridized carbons (Fsp3) is 0. The molecule has 11 rings (SSSR count). The first-order valence-corrected chi connectivity index (χ1v) is 21.0. The second kappa shape index (κ2) is 14.4. The molecule has 4 heterocycles. The van der Waals surface area contributed by atoms with Gasteiger partial charge < -0.3 is 9.80 Å². The van der Waals surface area contributed by atoms with Crippen LogP contribution in [-0.2, 0) is 0 Å². The smallest absolute Gasteiger partial charge is 0.0999 e. The Morgan fingerprint density at radius 1 is 0.345 bits per heavy atom. The van der Waals surface area contributed by atoms with Crippen LogP contribution in [0.5, 0.6) is 0 Å². The van der Waals surface area contributed by atoms with Crippen LogP contribution in [0.1, 0.15) is 0 Å². The van der Waals surface area contributed by atoms with E-state index in [9.17, 15) is 0 Å². The molecule has 0 N–H and O–H groups in total. The average Bonchev–Trinajstić information content (AvgIpc) is 4.03. The summed E-state index contributed by atoms with van der Waals surface area (Å²) < 4.78 is 0. The van der Waals surface area contributed by atoms with Crippen molar-refractivity contribution < 1.29 is 0 Å². The molecule has 0 fully saturated rings. The van der Waals surface area contributed by atoms with Crippen molar-refractivity contribution in [2.75, 3.05) is 9.80 Å². The summed E-state index contributed by atoms with van der Waals surface area (Å²) in [5, 5.41) is 16.1. The number of aromatic nitrogens is 2. The predicted molar refractivity (Wildman–Crippen MR) is 248 cm³/mol. The topological polar surface area (TPSA) is 32.3 Å². The molecule has 0 amide bonds.